The van der Waals surface area contributed by atoms with Crippen LogP contribution in [0.4, 0.5) is 0 Å². The number of nitrogens with zero attached hydrogens (tertiary/aromatic N) is 3. The Kier molecular flexibility index (Phi) is 2.28. The fourth-order valence-electron chi connectivity index (χ4n) is 1.14. The maximum atomic E-state index is 10.6. The summed E-state index contributed by atoms with van der Waals surface area (Å²) in [5.74, 6) is 0. The molecule has 0 aliphatic heterocycles. The number of rotatable bonds is 2. The number of benzene rings is 1. The van der Waals surface area contributed by atoms with Crippen molar-refractivity contribution in [1.82, 2.24) is 14.8 Å². The second-order valence-electron chi connectivity index (χ2n) is 2.64. The van der Waals surface area contributed by atoms with Crippen molar-refractivity contribution in [3.63, 3.8) is 0 Å². The van der Waals surface area contributed by atoms with Gasteiger partial charge in [0.25, 0.3) is 0 Å². The Balaban J connectivity index is 2.60. The summed E-state index contributed by atoms with van der Waals surface area (Å²) in [6.45, 7) is 0. The largest absolute Gasteiger partial charge is 0.298 e. The highest BCUT2D eigenvalue weighted by atomic mass is 35.5. The first-order valence-electron chi connectivity index (χ1n) is 3.91. The van der Waals surface area contributed by atoms with E-state index in [-0.39, 0.29) is 0 Å². The van der Waals surface area contributed by atoms with E-state index in [1.165, 1.54) is 17.3 Å². The zero-order valence-electron chi connectivity index (χ0n) is 7.09. The summed E-state index contributed by atoms with van der Waals surface area (Å²) in [7, 11) is 0. The van der Waals surface area contributed by atoms with Gasteiger partial charge in [-0.1, -0.05) is 23.7 Å². The van der Waals surface area contributed by atoms with Crippen LogP contribution in [0.2, 0.25) is 5.02 Å². The fourth-order valence-corrected chi connectivity index (χ4v) is 1.39. The molecule has 0 spiro atoms. The SMILES string of the molecule is O=Cc1cccc(-n2cncn2)c1Cl. The van der Waals surface area contributed by atoms with E-state index in [1.54, 1.807) is 18.2 Å². The van der Waals surface area contributed by atoms with Gasteiger partial charge in [-0.3, -0.25) is 4.79 Å². The smallest absolute Gasteiger partial charge is 0.151 e. The number of hydrogen-bond donors (Lipinski definition) is 0. The zero-order chi connectivity index (χ0) is 9.97. The maximum absolute atomic E-state index is 10.6. The summed E-state index contributed by atoms with van der Waals surface area (Å²) >= 11 is 5.98. The third-order valence-corrected chi connectivity index (χ3v) is 2.21. The van der Waals surface area contributed by atoms with Gasteiger partial charge in [0, 0.05) is 5.56 Å². The molecule has 0 amide bonds. The lowest BCUT2D eigenvalue weighted by Gasteiger charge is -2.04. The van der Waals surface area contributed by atoms with Gasteiger partial charge in [-0.15, -0.1) is 0 Å². The molecule has 70 valence electrons. The van der Waals surface area contributed by atoms with Gasteiger partial charge in [0.05, 0.1) is 10.7 Å². The van der Waals surface area contributed by atoms with Gasteiger partial charge in [0.15, 0.2) is 6.29 Å². The number of carbonyl (C=O) groups is 1. The predicted octanol–water partition coefficient (Wildman–Crippen LogP) is 1.73. The molecule has 0 saturated heterocycles. The van der Waals surface area contributed by atoms with E-state index in [0.29, 0.717) is 22.6 Å². The highest BCUT2D eigenvalue weighted by Gasteiger charge is 2.06. The van der Waals surface area contributed by atoms with Gasteiger partial charge in [0.1, 0.15) is 12.7 Å². The summed E-state index contributed by atoms with van der Waals surface area (Å²) < 4.78 is 1.51. The van der Waals surface area contributed by atoms with Crippen molar-refractivity contribution in [2.24, 2.45) is 0 Å². The molecule has 0 N–H and O–H groups in total. The van der Waals surface area contributed by atoms with Crippen molar-refractivity contribution < 1.29 is 4.79 Å². The quantitative estimate of drug-likeness (QED) is 0.705. The molecule has 0 saturated carbocycles. The monoisotopic (exact) mass is 207 g/mol. The predicted molar refractivity (Wildman–Crippen MR) is 51.8 cm³/mol. The molecule has 1 heterocycles. The van der Waals surface area contributed by atoms with Gasteiger partial charge in [-0.05, 0) is 6.07 Å². The van der Waals surface area contributed by atoms with Crippen molar-refractivity contribution in [3.05, 3.63) is 41.4 Å². The zero-order valence-corrected chi connectivity index (χ0v) is 7.85. The maximum Gasteiger partial charge on any atom is 0.151 e. The van der Waals surface area contributed by atoms with Crippen LogP contribution >= 0.6 is 11.6 Å². The average molecular weight is 208 g/mol. The second kappa shape index (κ2) is 3.59. The van der Waals surface area contributed by atoms with Crippen molar-refractivity contribution >= 4 is 17.9 Å². The van der Waals surface area contributed by atoms with E-state index in [4.69, 9.17) is 11.6 Å². The molecular weight excluding hydrogens is 202 g/mol. The van der Waals surface area contributed by atoms with Gasteiger partial charge < -0.3 is 0 Å². The molecule has 1 aromatic heterocycles. The lowest BCUT2D eigenvalue weighted by Crippen LogP contribution is -1.97. The van der Waals surface area contributed by atoms with Crippen LogP contribution in [0.5, 0.6) is 0 Å². The van der Waals surface area contributed by atoms with E-state index in [2.05, 4.69) is 10.1 Å². The molecule has 2 rings (SSSR count). The third-order valence-electron chi connectivity index (χ3n) is 1.80. The summed E-state index contributed by atoms with van der Waals surface area (Å²) in [5.41, 5.74) is 1.09. The summed E-state index contributed by atoms with van der Waals surface area (Å²) in [6.07, 6.45) is 3.64. The van der Waals surface area contributed by atoms with Crippen molar-refractivity contribution in [1.29, 1.82) is 0 Å². The molecule has 2 aromatic rings. The topological polar surface area (TPSA) is 47.8 Å². The van der Waals surface area contributed by atoms with Crippen LogP contribution < -0.4 is 0 Å². The summed E-state index contributed by atoms with van der Waals surface area (Å²) in [5, 5.41) is 4.31. The molecule has 1 aromatic carbocycles. The van der Waals surface area contributed by atoms with Crippen LogP contribution in [-0.4, -0.2) is 21.1 Å². The van der Waals surface area contributed by atoms with Crippen molar-refractivity contribution in [2.75, 3.05) is 0 Å². The molecule has 4 nitrogen and oxygen atoms in total. The Morgan fingerprint density at radius 3 is 2.93 bits per heavy atom. The Labute approximate surface area is 85.1 Å². The van der Waals surface area contributed by atoms with Crippen molar-refractivity contribution in [3.8, 4) is 5.69 Å². The highest BCUT2D eigenvalue weighted by molar-refractivity contribution is 6.34. The number of carbonyl (C=O) groups excluding carboxylic acids is 1. The van der Waals surface area contributed by atoms with E-state index >= 15 is 0 Å². The minimum absolute atomic E-state index is 0.382. The first-order chi connectivity index (χ1) is 6.83. The van der Waals surface area contributed by atoms with Crippen LogP contribution in [0.15, 0.2) is 30.9 Å². The molecule has 0 bridgehead atoms. The number of hydrogen-bond acceptors (Lipinski definition) is 3. The number of aldehydes is 1. The van der Waals surface area contributed by atoms with Gasteiger partial charge in [-0.2, -0.15) is 5.10 Å². The molecule has 0 fully saturated rings. The molecule has 0 aliphatic carbocycles. The standard InChI is InChI=1S/C9H6ClN3O/c10-9-7(4-14)2-1-3-8(9)13-6-11-5-12-13/h1-6H. The lowest BCUT2D eigenvalue weighted by molar-refractivity contribution is 0.112. The second-order valence-corrected chi connectivity index (χ2v) is 3.02. The molecular formula is C9H6ClN3O. The molecule has 0 aliphatic rings. The first kappa shape index (κ1) is 8.90. The Morgan fingerprint density at radius 1 is 1.43 bits per heavy atom. The Hall–Kier alpha value is -1.68. The summed E-state index contributed by atoms with van der Waals surface area (Å²) in [6, 6.07) is 5.16. The number of aromatic nitrogens is 3. The molecule has 0 atom stereocenters. The van der Waals surface area contributed by atoms with E-state index < -0.39 is 0 Å². The normalized spacial score (nSPS) is 10.1. The van der Waals surface area contributed by atoms with E-state index in [0.717, 1.165) is 0 Å². The Bertz CT molecular complexity index is 453. The van der Waals surface area contributed by atoms with Crippen molar-refractivity contribution in [2.45, 2.75) is 0 Å². The van der Waals surface area contributed by atoms with Crippen LogP contribution in [0.1, 0.15) is 10.4 Å². The minimum Gasteiger partial charge on any atom is -0.298 e. The minimum atomic E-state index is 0.382. The highest BCUT2D eigenvalue weighted by Crippen LogP contribution is 2.22. The van der Waals surface area contributed by atoms with Crippen LogP contribution in [0, 0.1) is 0 Å². The average Bonchev–Trinajstić information content (AvgIpc) is 2.71. The summed E-state index contributed by atoms with van der Waals surface area (Å²) in [4.78, 5) is 14.4. The number of halogens is 1. The third kappa shape index (κ3) is 1.40. The molecule has 14 heavy (non-hydrogen) atoms. The first-order valence-corrected chi connectivity index (χ1v) is 4.29. The fraction of sp³-hybridized carbons (Fsp3) is 0. The van der Waals surface area contributed by atoms with Crippen LogP contribution in [-0.2, 0) is 0 Å². The van der Waals surface area contributed by atoms with E-state index in [9.17, 15) is 4.79 Å². The lowest BCUT2D eigenvalue weighted by atomic mass is 10.2. The van der Waals surface area contributed by atoms with Crippen LogP contribution in [0.25, 0.3) is 5.69 Å². The van der Waals surface area contributed by atoms with E-state index in [1.807, 2.05) is 0 Å². The van der Waals surface area contributed by atoms with Gasteiger partial charge >= 0.3 is 0 Å². The van der Waals surface area contributed by atoms with Gasteiger partial charge in [0.2, 0.25) is 0 Å². The molecule has 5 heteroatoms. The van der Waals surface area contributed by atoms with Crippen LogP contribution in [0.3, 0.4) is 0 Å². The molecule has 0 unspecified atom stereocenters. The molecule has 0 radical (unpaired) electrons. The Morgan fingerprint density at radius 2 is 2.29 bits per heavy atom. The van der Waals surface area contributed by atoms with Gasteiger partial charge in [-0.25, -0.2) is 9.67 Å².